The second-order valence-electron chi connectivity index (χ2n) is 13.5. The van der Waals surface area contributed by atoms with Crippen molar-refractivity contribution in [2.24, 2.45) is 22.7 Å². The van der Waals surface area contributed by atoms with Gasteiger partial charge in [0.05, 0.1) is 11.6 Å². The molecule has 8 fully saturated rings. The number of rotatable bonds is 5. The van der Waals surface area contributed by atoms with Gasteiger partial charge in [0, 0.05) is 25.6 Å². The molecule has 6 aliphatic heterocycles. The Labute approximate surface area is 268 Å². The summed E-state index contributed by atoms with van der Waals surface area (Å²) in [4.78, 5) is 10.7. The molecule has 5 heteroatoms. The van der Waals surface area contributed by atoms with Crippen LogP contribution in [0, 0.1) is 17.8 Å². The van der Waals surface area contributed by atoms with Gasteiger partial charge in [0.25, 0.3) is 0 Å². The van der Waals surface area contributed by atoms with Gasteiger partial charge in [-0.1, -0.05) is 67.6 Å². The average molecular weight is 545 g/mol. The van der Waals surface area contributed by atoms with E-state index in [9.17, 15) is 0 Å². The van der Waals surface area contributed by atoms with Crippen molar-refractivity contribution in [2.45, 2.75) is 94.7 Å². The van der Waals surface area contributed by atoms with Gasteiger partial charge in [-0.15, -0.1) is 0 Å². The Morgan fingerprint density at radius 3 is 1.88 bits per heavy atom. The molecule has 2 aromatic rings. The van der Waals surface area contributed by atoms with E-state index in [1.165, 1.54) is 95.1 Å². The van der Waals surface area contributed by atoms with E-state index in [-0.39, 0.29) is 39.4 Å². The van der Waals surface area contributed by atoms with Crippen molar-refractivity contribution in [3.8, 4) is 0 Å². The number of hydrogen-bond donors (Lipinski definition) is 0. The van der Waals surface area contributed by atoms with Gasteiger partial charge in [0.2, 0.25) is 0 Å². The van der Waals surface area contributed by atoms with Crippen LogP contribution in [0.3, 0.4) is 0 Å². The molecule has 2 aromatic carbocycles. The van der Waals surface area contributed by atoms with E-state index in [0.717, 1.165) is 23.7 Å². The molecule has 3 nitrogen and oxygen atoms in total. The maximum atomic E-state index is 5.18. The third-order valence-electron chi connectivity index (χ3n) is 11.5. The van der Waals surface area contributed by atoms with Crippen molar-refractivity contribution in [3.05, 3.63) is 71.8 Å². The Morgan fingerprint density at radius 1 is 0.775 bits per heavy atom. The molecule has 6 heterocycles. The Hall–Kier alpha value is -0.905. The van der Waals surface area contributed by atoms with Gasteiger partial charge in [0.15, 0.2) is 0 Å². The van der Waals surface area contributed by atoms with Crippen LogP contribution in [0.1, 0.15) is 96.1 Å². The van der Waals surface area contributed by atoms with Gasteiger partial charge in [-0.2, -0.15) is 0 Å². The van der Waals surface area contributed by atoms with Gasteiger partial charge in [0.1, 0.15) is 0 Å². The number of aliphatic imine (C=N–C) groups is 1. The summed E-state index contributed by atoms with van der Waals surface area (Å²) in [6.07, 6.45) is 12.7. The largest absolute Gasteiger partial charge is 1.00 e. The molecule has 40 heavy (non-hydrogen) atoms. The summed E-state index contributed by atoms with van der Waals surface area (Å²) >= 11 is 0. The fourth-order valence-corrected chi connectivity index (χ4v) is 9.00. The van der Waals surface area contributed by atoms with Gasteiger partial charge >= 0.3 is 29.6 Å². The van der Waals surface area contributed by atoms with Gasteiger partial charge < -0.3 is 1.43 Å². The Morgan fingerprint density at radius 2 is 1.32 bits per heavy atom. The standard InChI is InChI=1S/C18H25N.C17H22N2.B.Na.H/c1-14(15-5-3-2-4-6-15)13-17-16-7-11-19(12-8-16)18(17)9-10-18;1-13(14-5-3-2-4-6-14)18-16-15-7-11-19(12-8-15)17(16)9-10-17;;;/h2-6,14,16-17H,7-13H2,1H3;2-6,13,15H,7-12H2,1H3;;;/q;;;+1;-1/t14-,17+;13-;;;/m10.../s1. The summed E-state index contributed by atoms with van der Waals surface area (Å²) in [7, 11) is 0. The summed E-state index contributed by atoms with van der Waals surface area (Å²) in [5, 5.41) is 0. The van der Waals surface area contributed by atoms with E-state index >= 15 is 0 Å². The van der Waals surface area contributed by atoms with Crippen LogP contribution in [0.25, 0.3) is 0 Å². The molecule has 0 unspecified atom stereocenters. The van der Waals surface area contributed by atoms with Crippen molar-refractivity contribution < 1.29 is 31.0 Å². The molecule has 0 amide bonds. The second kappa shape index (κ2) is 12.4. The monoisotopic (exact) mass is 544 g/mol. The Kier molecular flexibility index (Phi) is 9.45. The predicted molar refractivity (Wildman–Crippen MR) is 165 cm³/mol. The molecule has 3 atom stereocenters. The molecule has 0 N–H and O–H groups in total. The third-order valence-corrected chi connectivity index (χ3v) is 11.5. The van der Waals surface area contributed by atoms with Crippen LogP contribution < -0.4 is 29.6 Å². The van der Waals surface area contributed by atoms with E-state index in [1.807, 2.05) is 0 Å². The normalized spacial score (nSPS) is 33.8. The zero-order valence-corrected chi connectivity index (χ0v) is 27.3. The Balaban J connectivity index is 0.000000176. The quantitative estimate of drug-likeness (QED) is 0.525. The number of fused-ring (bicyclic) bond motifs is 4. The minimum absolute atomic E-state index is 0. The second-order valence-corrected chi connectivity index (χ2v) is 13.5. The molecule has 3 radical (unpaired) electrons. The molecule has 10 rings (SSSR count). The summed E-state index contributed by atoms with van der Waals surface area (Å²) in [5.41, 5.74) is 5.49. The van der Waals surface area contributed by atoms with E-state index in [2.05, 4.69) is 84.3 Å². The van der Waals surface area contributed by atoms with Crippen LogP contribution in [0.5, 0.6) is 0 Å². The fourth-order valence-electron chi connectivity index (χ4n) is 9.00. The molecule has 8 aliphatic rings. The third kappa shape index (κ3) is 5.58. The van der Waals surface area contributed by atoms with Crippen molar-refractivity contribution in [1.82, 2.24) is 9.80 Å². The van der Waals surface area contributed by atoms with Crippen LogP contribution in [-0.4, -0.2) is 61.2 Å². The van der Waals surface area contributed by atoms with Crippen LogP contribution in [0.2, 0.25) is 0 Å². The molecular formula is C35H48BN3Na. The van der Waals surface area contributed by atoms with Crippen LogP contribution >= 0.6 is 0 Å². The van der Waals surface area contributed by atoms with Crippen molar-refractivity contribution in [2.75, 3.05) is 26.2 Å². The predicted octanol–water partition coefficient (Wildman–Crippen LogP) is 4.24. The SMILES string of the molecule is C[C@H](C[C@H]1C2CCN(CC2)C12CC2)c1ccccc1.C[C@H](N=C1C2CCN(CC2)C12CC2)c1ccccc1.[B].[H-].[Na+]. The molecule has 2 spiro atoms. The van der Waals surface area contributed by atoms with Crippen LogP contribution in [0.4, 0.5) is 0 Å². The molecule has 207 valence electrons. The minimum atomic E-state index is 0. The van der Waals surface area contributed by atoms with Crippen LogP contribution in [-0.2, 0) is 0 Å². The van der Waals surface area contributed by atoms with E-state index in [1.54, 1.807) is 5.71 Å². The van der Waals surface area contributed by atoms with E-state index in [0.29, 0.717) is 17.1 Å². The topological polar surface area (TPSA) is 18.8 Å². The maximum absolute atomic E-state index is 5.18. The summed E-state index contributed by atoms with van der Waals surface area (Å²) in [5.74, 6) is 3.51. The Bertz CT molecular complexity index is 1140. The van der Waals surface area contributed by atoms with Gasteiger partial charge in [-0.25, -0.2) is 0 Å². The first-order chi connectivity index (χ1) is 18.6. The number of nitrogens with zero attached hydrogens (tertiary/aromatic N) is 3. The molecule has 2 aliphatic carbocycles. The smallest absolute Gasteiger partial charge is 1.00 e. The first-order valence-corrected chi connectivity index (χ1v) is 15.8. The first-order valence-electron chi connectivity index (χ1n) is 15.8. The summed E-state index contributed by atoms with van der Waals surface area (Å²) in [6, 6.07) is 22.2. The molecular weight excluding hydrogens is 496 g/mol. The van der Waals surface area contributed by atoms with Crippen LogP contribution in [0.15, 0.2) is 65.7 Å². The number of piperidine rings is 6. The molecule has 4 bridgehead atoms. The average Bonchev–Trinajstić information content (AvgIpc) is 3.92. The molecule has 6 saturated heterocycles. The minimum Gasteiger partial charge on any atom is -1.00 e. The number of benzene rings is 2. The zero-order valence-electron chi connectivity index (χ0n) is 26.3. The maximum Gasteiger partial charge on any atom is 1.00 e. The zero-order chi connectivity index (χ0) is 25.7. The number of hydrogen-bond acceptors (Lipinski definition) is 3. The summed E-state index contributed by atoms with van der Waals surface area (Å²) in [6.45, 7) is 10.1. The molecule has 2 saturated carbocycles. The van der Waals surface area contributed by atoms with Crippen molar-refractivity contribution >= 4 is 14.1 Å². The summed E-state index contributed by atoms with van der Waals surface area (Å²) < 4.78 is 0. The van der Waals surface area contributed by atoms with Crippen molar-refractivity contribution in [1.29, 1.82) is 0 Å². The fraction of sp³-hybridized carbons (Fsp3) is 0.629. The van der Waals surface area contributed by atoms with E-state index < -0.39 is 0 Å². The van der Waals surface area contributed by atoms with Gasteiger partial charge in [-0.05, 0) is 120 Å². The molecule has 0 aromatic heterocycles. The van der Waals surface area contributed by atoms with E-state index in [4.69, 9.17) is 4.99 Å². The van der Waals surface area contributed by atoms with Crippen molar-refractivity contribution in [3.63, 3.8) is 0 Å². The first kappa shape index (κ1) is 30.5. The van der Waals surface area contributed by atoms with Gasteiger partial charge in [-0.3, -0.25) is 14.8 Å².